The van der Waals surface area contributed by atoms with E-state index in [9.17, 15) is 5.02 Å². The van der Waals surface area contributed by atoms with Gasteiger partial charge in [0.2, 0.25) is 0 Å². The Kier molecular flexibility index (Phi) is 4.51. The molecular weight excluding hydrogens is 355 g/mol. The molecule has 0 atom stereocenters. The van der Waals surface area contributed by atoms with Crippen LogP contribution < -0.4 is 4.65 Å². The molecular formula is C26H18BO2. The van der Waals surface area contributed by atoms with Crippen molar-refractivity contribution in [3.63, 3.8) is 0 Å². The van der Waals surface area contributed by atoms with Crippen LogP contribution in [0, 0.1) is 0 Å². The van der Waals surface area contributed by atoms with Crippen molar-refractivity contribution in [2.75, 3.05) is 0 Å². The maximum absolute atomic E-state index is 9.24. The lowest BCUT2D eigenvalue weighted by molar-refractivity contribution is 0.454. The number of fused-ring (bicyclic) bond motifs is 2. The van der Waals surface area contributed by atoms with Gasteiger partial charge in [0.15, 0.2) is 0 Å². The minimum Gasteiger partial charge on any atom is -0.537 e. The zero-order valence-corrected chi connectivity index (χ0v) is 15.7. The molecule has 0 amide bonds. The molecule has 0 fully saturated rings. The van der Waals surface area contributed by atoms with Crippen LogP contribution in [-0.4, -0.2) is 12.7 Å². The highest BCUT2D eigenvalue weighted by molar-refractivity contribution is 6.17. The van der Waals surface area contributed by atoms with Crippen LogP contribution in [0.1, 0.15) is 0 Å². The average Bonchev–Trinajstić information content (AvgIpc) is 2.78. The molecule has 0 spiro atoms. The largest absolute Gasteiger partial charge is 0.569 e. The van der Waals surface area contributed by atoms with Crippen molar-refractivity contribution in [1.82, 2.24) is 0 Å². The predicted molar refractivity (Wildman–Crippen MR) is 121 cm³/mol. The van der Waals surface area contributed by atoms with Crippen LogP contribution in [0.3, 0.4) is 0 Å². The molecule has 0 aliphatic heterocycles. The fourth-order valence-corrected chi connectivity index (χ4v) is 3.99. The first-order valence-electron chi connectivity index (χ1n) is 9.57. The third-order valence-electron chi connectivity index (χ3n) is 5.30. The summed E-state index contributed by atoms with van der Waals surface area (Å²) in [6, 6.07) is 35.4. The van der Waals surface area contributed by atoms with Gasteiger partial charge in [-0.1, -0.05) is 84.9 Å². The predicted octanol–water partition coefficient (Wildman–Crippen LogP) is 6.23. The van der Waals surface area contributed by atoms with E-state index in [1.165, 1.54) is 21.5 Å². The highest BCUT2D eigenvalue weighted by Crippen LogP contribution is 2.37. The zero-order valence-electron chi connectivity index (χ0n) is 15.7. The van der Waals surface area contributed by atoms with Crippen LogP contribution in [0.4, 0.5) is 0 Å². The Labute approximate surface area is 170 Å². The van der Waals surface area contributed by atoms with E-state index < -0.39 is 0 Å². The van der Waals surface area contributed by atoms with Gasteiger partial charge in [-0.05, 0) is 62.0 Å². The summed E-state index contributed by atoms with van der Waals surface area (Å²) in [5.74, 6) is 0.598. The van der Waals surface area contributed by atoms with Crippen molar-refractivity contribution in [2.24, 2.45) is 0 Å². The molecule has 3 heteroatoms. The third-order valence-corrected chi connectivity index (χ3v) is 5.30. The van der Waals surface area contributed by atoms with Gasteiger partial charge in [-0.3, -0.25) is 0 Å². The van der Waals surface area contributed by atoms with E-state index in [4.69, 9.17) is 4.65 Å². The lowest BCUT2D eigenvalue weighted by Crippen LogP contribution is -2.00. The highest BCUT2D eigenvalue weighted by atomic mass is 16.5. The van der Waals surface area contributed by atoms with E-state index in [0.717, 1.165) is 29.9 Å². The molecule has 0 saturated carbocycles. The van der Waals surface area contributed by atoms with E-state index >= 15 is 0 Å². The molecule has 0 aromatic heterocycles. The number of benzene rings is 5. The summed E-state index contributed by atoms with van der Waals surface area (Å²) in [6.45, 7) is 0. The maximum Gasteiger partial charge on any atom is 0.569 e. The fraction of sp³-hybridized carbons (Fsp3) is 0. The zero-order chi connectivity index (χ0) is 19.6. The van der Waals surface area contributed by atoms with Crippen LogP contribution in [-0.2, 0) is 0 Å². The molecule has 0 aliphatic rings. The second kappa shape index (κ2) is 7.46. The van der Waals surface area contributed by atoms with Crippen LogP contribution in [0.25, 0.3) is 43.8 Å². The Balaban J connectivity index is 1.77. The second-order valence-electron chi connectivity index (χ2n) is 7.02. The van der Waals surface area contributed by atoms with E-state index in [1.807, 2.05) is 24.3 Å². The Bertz CT molecular complexity index is 1220. The molecule has 0 saturated heterocycles. The number of rotatable bonds is 4. The smallest absolute Gasteiger partial charge is 0.537 e. The fourth-order valence-electron chi connectivity index (χ4n) is 3.99. The van der Waals surface area contributed by atoms with Crippen LogP contribution >= 0.6 is 0 Å². The van der Waals surface area contributed by atoms with Crippen molar-refractivity contribution >= 4 is 29.2 Å². The van der Waals surface area contributed by atoms with Crippen molar-refractivity contribution in [3.05, 3.63) is 103 Å². The van der Waals surface area contributed by atoms with Gasteiger partial charge >= 0.3 is 7.69 Å². The molecule has 0 heterocycles. The minimum absolute atomic E-state index is 0.598. The molecule has 1 N–H and O–H groups in total. The summed E-state index contributed by atoms with van der Waals surface area (Å²) < 4.78 is 5.38. The second-order valence-corrected chi connectivity index (χ2v) is 7.02. The Hall–Kier alpha value is -3.56. The van der Waals surface area contributed by atoms with Gasteiger partial charge < -0.3 is 9.68 Å². The monoisotopic (exact) mass is 373 g/mol. The van der Waals surface area contributed by atoms with Gasteiger partial charge in [0.05, 0.1) is 0 Å². The molecule has 5 rings (SSSR count). The molecule has 137 valence electrons. The average molecular weight is 373 g/mol. The van der Waals surface area contributed by atoms with Gasteiger partial charge in [-0.15, -0.1) is 0 Å². The van der Waals surface area contributed by atoms with Crippen molar-refractivity contribution in [3.8, 4) is 28.0 Å². The summed E-state index contributed by atoms with van der Waals surface area (Å²) in [6.07, 6.45) is 0. The van der Waals surface area contributed by atoms with E-state index in [-0.39, 0.29) is 0 Å². The number of hydrogen-bond acceptors (Lipinski definition) is 2. The lowest BCUT2D eigenvalue weighted by Gasteiger charge is -2.14. The first kappa shape index (κ1) is 17.5. The van der Waals surface area contributed by atoms with Crippen molar-refractivity contribution in [2.45, 2.75) is 0 Å². The van der Waals surface area contributed by atoms with Crippen molar-refractivity contribution < 1.29 is 9.68 Å². The Morgan fingerprint density at radius 1 is 0.552 bits per heavy atom. The summed E-state index contributed by atoms with van der Waals surface area (Å²) in [7, 11) is 0.731. The quantitative estimate of drug-likeness (QED) is 0.378. The Morgan fingerprint density at radius 3 is 1.55 bits per heavy atom. The third kappa shape index (κ3) is 3.26. The summed E-state index contributed by atoms with van der Waals surface area (Å²) in [5.41, 5.74) is 4.36. The van der Waals surface area contributed by atoms with Crippen LogP contribution in [0.2, 0.25) is 0 Å². The summed E-state index contributed by atoms with van der Waals surface area (Å²) in [5, 5.41) is 14.0. The van der Waals surface area contributed by atoms with Crippen LogP contribution in [0.5, 0.6) is 5.75 Å². The van der Waals surface area contributed by atoms with E-state index in [2.05, 4.69) is 78.9 Å². The van der Waals surface area contributed by atoms with E-state index in [1.54, 1.807) is 0 Å². The topological polar surface area (TPSA) is 29.5 Å². The van der Waals surface area contributed by atoms with E-state index in [0.29, 0.717) is 5.75 Å². The maximum atomic E-state index is 9.24. The first-order chi connectivity index (χ1) is 14.3. The number of hydrogen-bond donors (Lipinski definition) is 1. The lowest BCUT2D eigenvalue weighted by atomic mass is 9.93. The molecule has 0 aliphatic carbocycles. The molecule has 29 heavy (non-hydrogen) atoms. The standard InChI is InChI=1S/C26H18BO2/c28-27-29-22-16-20(25-13-5-9-18-7-1-3-11-23(18)25)15-21(17-22)26-14-6-10-19-8-2-4-12-24(19)26/h1-17,28H. The van der Waals surface area contributed by atoms with Gasteiger partial charge in [-0.2, -0.15) is 0 Å². The highest BCUT2D eigenvalue weighted by Gasteiger charge is 2.11. The Morgan fingerprint density at radius 2 is 1.03 bits per heavy atom. The van der Waals surface area contributed by atoms with Crippen LogP contribution in [0.15, 0.2) is 103 Å². The van der Waals surface area contributed by atoms with Gasteiger partial charge in [0.1, 0.15) is 5.75 Å². The summed E-state index contributed by atoms with van der Waals surface area (Å²) >= 11 is 0. The van der Waals surface area contributed by atoms with Gasteiger partial charge in [0.25, 0.3) is 0 Å². The summed E-state index contributed by atoms with van der Waals surface area (Å²) in [4.78, 5) is 0. The van der Waals surface area contributed by atoms with Gasteiger partial charge in [0, 0.05) is 0 Å². The molecule has 0 unspecified atom stereocenters. The normalized spacial score (nSPS) is 10.9. The molecule has 0 bridgehead atoms. The molecule has 5 aromatic carbocycles. The molecule has 2 nitrogen and oxygen atoms in total. The van der Waals surface area contributed by atoms with Gasteiger partial charge in [-0.25, -0.2) is 0 Å². The molecule has 1 radical (unpaired) electrons. The molecule has 5 aromatic rings. The first-order valence-corrected chi connectivity index (χ1v) is 9.57. The SMILES string of the molecule is O[B]Oc1cc(-c2cccc3ccccc23)cc(-c2cccc3ccccc23)c1. The minimum atomic E-state index is 0.598. The van der Waals surface area contributed by atoms with Crippen molar-refractivity contribution in [1.29, 1.82) is 0 Å².